The minimum Gasteiger partial charge on any atom is -0.481 e. The molecule has 1 unspecified atom stereocenters. The van der Waals surface area contributed by atoms with Crippen LogP contribution in [0.4, 0.5) is 11.4 Å². The van der Waals surface area contributed by atoms with E-state index >= 15 is 0 Å². The molecule has 0 saturated heterocycles. The van der Waals surface area contributed by atoms with Gasteiger partial charge in [-0.05, 0) is 61.4 Å². The molecule has 142 valence electrons. The maximum absolute atomic E-state index is 12.5. The van der Waals surface area contributed by atoms with Crippen molar-refractivity contribution in [2.45, 2.75) is 26.4 Å². The van der Waals surface area contributed by atoms with Crippen LogP contribution in [0.2, 0.25) is 0 Å². The van der Waals surface area contributed by atoms with Crippen LogP contribution in [0.3, 0.4) is 0 Å². The van der Waals surface area contributed by atoms with Gasteiger partial charge in [0.15, 0.2) is 6.10 Å². The average Bonchev–Trinajstić information content (AvgIpc) is 3.01. The van der Waals surface area contributed by atoms with Gasteiger partial charge in [0, 0.05) is 22.8 Å². The van der Waals surface area contributed by atoms with Crippen LogP contribution in [-0.2, 0) is 16.0 Å². The molecule has 0 aliphatic carbocycles. The van der Waals surface area contributed by atoms with Crippen LogP contribution in [-0.4, -0.2) is 17.9 Å². The van der Waals surface area contributed by atoms with E-state index in [2.05, 4.69) is 10.6 Å². The molecule has 4 rings (SSSR count). The van der Waals surface area contributed by atoms with Gasteiger partial charge in [0.2, 0.25) is 5.91 Å². The van der Waals surface area contributed by atoms with Gasteiger partial charge in [-0.15, -0.1) is 0 Å². The van der Waals surface area contributed by atoms with Gasteiger partial charge in [-0.25, -0.2) is 4.79 Å². The number of hydrogen-bond acceptors (Lipinski definition) is 5. The lowest BCUT2D eigenvalue weighted by Crippen LogP contribution is -2.30. The van der Waals surface area contributed by atoms with Crippen LogP contribution in [0.5, 0.6) is 5.75 Å². The molecule has 7 heteroatoms. The largest absolute Gasteiger partial charge is 0.481 e. The van der Waals surface area contributed by atoms with Crippen molar-refractivity contribution in [3.8, 4) is 5.75 Å². The third-order valence-corrected chi connectivity index (χ3v) is 4.60. The Labute approximate surface area is 160 Å². The topological polar surface area (TPSA) is 97.6 Å². The zero-order valence-corrected chi connectivity index (χ0v) is 15.4. The maximum Gasteiger partial charge on any atom is 0.336 e. The highest BCUT2D eigenvalue weighted by Gasteiger charge is 2.20. The standard InChI is InChI=1S/C21H18N2O5/c1-11-7-20(25)28-18-6-4-15(10-16(11)18)27-12(2)21(26)22-14-3-5-17-13(8-14)9-19(24)23-17/h3-8,10,12H,9H2,1-2H3,(H,22,26)(H,23,24). The molecule has 1 aliphatic heterocycles. The van der Waals surface area contributed by atoms with E-state index in [-0.39, 0.29) is 11.8 Å². The fourth-order valence-corrected chi connectivity index (χ4v) is 3.18. The quantitative estimate of drug-likeness (QED) is 0.680. The van der Waals surface area contributed by atoms with Crippen molar-refractivity contribution in [1.29, 1.82) is 0 Å². The lowest BCUT2D eigenvalue weighted by atomic mass is 10.1. The van der Waals surface area contributed by atoms with Crippen molar-refractivity contribution >= 4 is 34.2 Å². The molecule has 2 heterocycles. The number of nitrogens with one attached hydrogen (secondary N) is 2. The van der Waals surface area contributed by atoms with Crippen LogP contribution in [0.25, 0.3) is 11.0 Å². The van der Waals surface area contributed by atoms with Gasteiger partial charge >= 0.3 is 5.63 Å². The van der Waals surface area contributed by atoms with Gasteiger partial charge in [0.05, 0.1) is 6.42 Å². The van der Waals surface area contributed by atoms with E-state index in [9.17, 15) is 14.4 Å². The number of hydrogen-bond donors (Lipinski definition) is 2. The van der Waals surface area contributed by atoms with Crippen LogP contribution in [0.15, 0.2) is 51.7 Å². The molecule has 0 radical (unpaired) electrons. The normalized spacial score (nSPS) is 13.7. The molecule has 2 amide bonds. The van der Waals surface area contributed by atoms with E-state index in [0.29, 0.717) is 23.4 Å². The number of anilines is 2. The summed E-state index contributed by atoms with van der Waals surface area (Å²) < 4.78 is 10.9. The monoisotopic (exact) mass is 378 g/mol. The molecule has 28 heavy (non-hydrogen) atoms. The number of aryl methyl sites for hydroxylation is 1. The fourth-order valence-electron chi connectivity index (χ4n) is 3.18. The Morgan fingerprint density at radius 1 is 1.18 bits per heavy atom. The minimum absolute atomic E-state index is 0.0578. The molecule has 0 fully saturated rings. The van der Waals surface area contributed by atoms with E-state index in [1.54, 1.807) is 43.3 Å². The zero-order chi connectivity index (χ0) is 19.8. The molecule has 3 aromatic rings. The van der Waals surface area contributed by atoms with E-state index < -0.39 is 11.7 Å². The Balaban J connectivity index is 1.47. The smallest absolute Gasteiger partial charge is 0.336 e. The summed E-state index contributed by atoms with van der Waals surface area (Å²) in [6, 6.07) is 11.7. The number of rotatable bonds is 4. The van der Waals surface area contributed by atoms with Gasteiger partial charge < -0.3 is 19.8 Å². The van der Waals surface area contributed by atoms with E-state index in [0.717, 1.165) is 22.2 Å². The van der Waals surface area contributed by atoms with Gasteiger partial charge in [-0.2, -0.15) is 0 Å². The Hall–Kier alpha value is -3.61. The van der Waals surface area contributed by atoms with Crippen molar-refractivity contribution < 1.29 is 18.7 Å². The van der Waals surface area contributed by atoms with Crippen molar-refractivity contribution in [1.82, 2.24) is 0 Å². The zero-order valence-electron chi connectivity index (χ0n) is 15.4. The number of benzene rings is 2. The fraction of sp³-hybridized carbons (Fsp3) is 0.190. The molecule has 0 spiro atoms. The summed E-state index contributed by atoms with van der Waals surface area (Å²) in [5.74, 6) is 0.127. The van der Waals surface area contributed by atoms with Gasteiger partial charge in [0.1, 0.15) is 11.3 Å². The second-order valence-corrected chi connectivity index (χ2v) is 6.75. The van der Waals surface area contributed by atoms with E-state index in [4.69, 9.17) is 9.15 Å². The molecule has 1 aromatic heterocycles. The van der Waals surface area contributed by atoms with Crippen molar-refractivity contribution in [3.05, 3.63) is 64.0 Å². The Morgan fingerprint density at radius 3 is 2.82 bits per heavy atom. The summed E-state index contributed by atoms with van der Waals surface area (Å²) in [7, 11) is 0. The second kappa shape index (κ2) is 6.84. The lowest BCUT2D eigenvalue weighted by Gasteiger charge is -2.15. The molecule has 0 bridgehead atoms. The van der Waals surface area contributed by atoms with E-state index in [1.807, 2.05) is 6.92 Å². The number of carbonyl (C=O) groups excluding carboxylic acids is 2. The Bertz CT molecular complexity index is 1170. The third kappa shape index (κ3) is 3.46. The van der Waals surface area contributed by atoms with Crippen LogP contribution in [0, 0.1) is 6.92 Å². The first-order chi connectivity index (χ1) is 13.4. The first kappa shape index (κ1) is 17.8. The third-order valence-electron chi connectivity index (χ3n) is 4.60. The van der Waals surface area contributed by atoms with Gasteiger partial charge in [0.25, 0.3) is 5.91 Å². The highest BCUT2D eigenvalue weighted by Crippen LogP contribution is 2.27. The van der Waals surface area contributed by atoms with E-state index in [1.165, 1.54) is 6.07 Å². The summed E-state index contributed by atoms with van der Waals surface area (Å²) in [6.07, 6.45) is -0.445. The maximum atomic E-state index is 12.5. The molecule has 7 nitrogen and oxygen atoms in total. The summed E-state index contributed by atoms with van der Waals surface area (Å²) in [5, 5.41) is 6.30. The Kier molecular flexibility index (Phi) is 4.35. The summed E-state index contributed by atoms with van der Waals surface area (Å²) >= 11 is 0. The first-order valence-corrected chi connectivity index (χ1v) is 8.84. The summed E-state index contributed by atoms with van der Waals surface area (Å²) in [4.78, 5) is 35.4. The molecule has 1 aliphatic rings. The highest BCUT2D eigenvalue weighted by atomic mass is 16.5. The predicted octanol–water partition coefficient (Wildman–Crippen LogP) is 3.00. The Morgan fingerprint density at radius 2 is 2.00 bits per heavy atom. The van der Waals surface area contributed by atoms with Crippen molar-refractivity contribution in [3.63, 3.8) is 0 Å². The van der Waals surface area contributed by atoms with Crippen LogP contribution in [0.1, 0.15) is 18.1 Å². The summed E-state index contributed by atoms with van der Waals surface area (Å²) in [5.41, 5.74) is 3.06. The predicted molar refractivity (Wildman–Crippen MR) is 105 cm³/mol. The highest BCUT2D eigenvalue weighted by molar-refractivity contribution is 6.00. The number of ether oxygens (including phenoxy) is 1. The van der Waals surface area contributed by atoms with Crippen molar-refractivity contribution in [2.75, 3.05) is 10.6 Å². The molecule has 2 aromatic carbocycles. The SMILES string of the molecule is Cc1cc(=O)oc2ccc(OC(C)C(=O)Nc3ccc4c(c3)CC(=O)N4)cc12. The number of amides is 2. The first-order valence-electron chi connectivity index (χ1n) is 8.84. The van der Waals surface area contributed by atoms with Crippen LogP contribution < -0.4 is 21.0 Å². The summed E-state index contributed by atoms with van der Waals surface area (Å²) in [6.45, 7) is 3.46. The number of carbonyl (C=O) groups is 2. The number of fused-ring (bicyclic) bond motifs is 2. The van der Waals surface area contributed by atoms with Crippen LogP contribution >= 0.6 is 0 Å². The van der Waals surface area contributed by atoms with Gasteiger partial charge in [-0.1, -0.05) is 0 Å². The lowest BCUT2D eigenvalue weighted by molar-refractivity contribution is -0.122. The average molecular weight is 378 g/mol. The van der Waals surface area contributed by atoms with Crippen molar-refractivity contribution in [2.24, 2.45) is 0 Å². The molecular weight excluding hydrogens is 360 g/mol. The molecule has 0 saturated carbocycles. The second-order valence-electron chi connectivity index (χ2n) is 6.75. The molecule has 1 atom stereocenters. The van der Waals surface area contributed by atoms with Gasteiger partial charge in [-0.3, -0.25) is 9.59 Å². The molecule has 2 N–H and O–H groups in total. The molecular formula is C21H18N2O5. The minimum atomic E-state index is -0.749.